The highest BCUT2D eigenvalue weighted by molar-refractivity contribution is 5.91. The van der Waals surface area contributed by atoms with E-state index in [0.29, 0.717) is 0 Å². The number of halogens is 3. The summed E-state index contributed by atoms with van der Waals surface area (Å²) in [6.45, 7) is 5.11. The Morgan fingerprint density at radius 2 is 1.95 bits per heavy atom. The highest BCUT2D eigenvalue weighted by atomic mass is 19.4. The monoisotopic (exact) mass is 315 g/mol. The predicted molar refractivity (Wildman–Crippen MR) is 74.8 cm³/mol. The van der Waals surface area contributed by atoms with Crippen LogP contribution < -0.4 is 4.90 Å². The number of imidazole rings is 1. The van der Waals surface area contributed by atoms with Crippen LogP contribution in [0.1, 0.15) is 26.5 Å². The van der Waals surface area contributed by atoms with Gasteiger partial charge in [-0.1, -0.05) is 0 Å². The molecule has 0 aliphatic heterocycles. The second-order valence-corrected chi connectivity index (χ2v) is 5.79. The SMILES string of the molecule is CN(C(=O)OC(C)(C)C)c1cccn2cc(C(F)(F)F)nc12. The zero-order chi connectivity index (χ0) is 16.7. The first-order valence-electron chi connectivity index (χ1n) is 6.50. The molecule has 2 rings (SSSR count). The Hall–Kier alpha value is -2.25. The summed E-state index contributed by atoms with van der Waals surface area (Å²) in [4.78, 5) is 16.8. The van der Waals surface area contributed by atoms with E-state index in [0.717, 1.165) is 11.1 Å². The fourth-order valence-corrected chi connectivity index (χ4v) is 1.83. The van der Waals surface area contributed by atoms with E-state index >= 15 is 0 Å². The van der Waals surface area contributed by atoms with Crippen molar-refractivity contribution in [2.24, 2.45) is 0 Å². The van der Waals surface area contributed by atoms with Crippen LogP contribution in [0.3, 0.4) is 0 Å². The van der Waals surface area contributed by atoms with Crippen LogP contribution in [0.15, 0.2) is 24.5 Å². The third-order valence-electron chi connectivity index (χ3n) is 2.78. The Kier molecular flexibility index (Phi) is 3.80. The normalized spacial score (nSPS) is 12.5. The van der Waals surface area contributed by atoms with Crippen molar-refractivity contribution in [3.05, 3.63) is 30.2 Å². The Bertz CT molecular complexity index is 701. The summed E-state index contributed by atoms with van der Waals surface area (Å²) in [6, 6.07) is 3.04. The second kappa shape index (κ2) is 5.19. The highest BCUT2D eigenvalue weighted by Crippen LogP contribution is 2.30. The highest BCUT2D eigenvalue weighted by Gasteiger charge is 2.34. The van der Waals surface area contributed by atoms with E-state index in [1.54, 1.807) is 20.8 Å². The van der Waals surface area contributed by atoms with Crippen molar-refractivity contribution in [3.63, 3.8) is 0 Å². The predicted octanol–water partition coefficient (Wildman–Crippen LogP) is 3.72. The summed E-state index contributed by atoms with van der Waals surface area (Å²) in [6.07, 6.45) is -2.91. The van der Waals surface area contributed by atoms with Crippen molar-refractivity contribution in [1.29, 1.82) is 0 Å². The molecule has 2 aromatic rings. The number of hydrogen-bond donors (Lipinski definition) is 0. The Morgan fingerprint density at radius 1 is 1.32 bits per heavy atom. The molecule has 0 bridgehead atoms. The van der Waals surface area contributed by atoms with Crippen LogP contribution in [0.25, 0.3) is 5.65 Å². The summed E-state index contributed by atoms with van der Waals surface area (Å²) in [7, 11) is 1.42. The zero-order valence-electron chi connectivity index (χ0n) is 12.6. The van der Waals surface area contributed by atoms with Gasteiger partial charge < -0.3 is 9.14 Å². The summed E-state index contributed by atoms with van der Waals surface area (Å²) in [5.41, 5.74) is -1.46. The van der Waals surface area contributed by atoms with Crippen molar-refractivity contribution in [2.45, 2.75) is 32.5 Å². The summed E-state index contributed by atoms with van der Waals surface area (Å²) >= 11 is 0. The van der Waals surface area contributed by atoms with Crippen LogP contribution in [0.4, 0.5) is 23.7 Å². The molecule has 2 aromatic heterocycles. The number of amides is 1. The number of rotatable bonds is 1. The third kappa shape index (κ3) is 3.32. The molecule has 0 aliphatic rings. The van der Waals surface area contributed by atoms with E-state index in [9.17, 15) is 18.0 Å². The first kappa shape index (κ1) is 16.1. The molecule has 8 heteroatoms. The fourth-order valence-electron chi connectivity index (χ4n) is 1.83. The van der Waals surface area contributed by atoms with Gasteiger partial charge >= 0.3 is 12.3 Å². The van der Waals surface area contributed by atoms with Crippen LogP contribution >= 0.6 is 0 Å². The van der Waals surface area contributed by atoms with Crippen LogP contribution in [-0.4, -0.2) is 28.1 Å². The van der Waals surface area contributed by atoms with Crippen molar-refractivity contribution in [3.8, 4) is 0 Å². The topological polar surface area (TPSA) is 46.8 Å². The van der Waals surface area contributed by atoms with Gasteiger partial charge in [0.15, 0.2) is 11.3 Å². The molecule has 22 heavy (non-hydrogen) atoms. The Morgan fingerprint density at radius 3 is 2.50 bits per heavy atom. The van der Waals surface area contributed by atoms with E-state index in [-0.39, 0.29) is 11.3 Å². The van der Waals surface area contributed by atoms with E-state index in [2.05, 4.69) is 4.98 Å². The Balaban J connectivity index is 2.43. The lowest BCUT2D eigenvalue weighted by Gasteiger charge is -2.24. The molecule has 0 unspecified atom stereocenters. The lowest BCUT2D eigenvalue weighted by molar-refractivity contribution is -0.140. The summed E-state index contributed by atoms with van der Waals surface area (Å²) < 4.78 is 44.7. The van der Waals surface area contributed by atoms with E-state index in [1.165, 1.54) is 29.8 Å². The number of carbonyl (C=O) groups is 1. The van der Waals surface area contributed by atoms with Gasteiger partial charge in [-0.25, -0.2) is 9.78 Å². The minimum Gasteiger partial charge on any atom is -0.443 e. The maximum atomic E-state index is 12.8. The number of aromatic nitrogens is 2. The number of ether oxygens (including phenoxy) is 1. The van der Waals surface area contributed by atoms with Crippen LogP contribution in [0.5, 0.6) is 0 Å². The van der Waals surface area contributed by atoms with E-state index in [1.807, 2.05) is 0 Å². The number of hydrogen-bond acceptors (Lipinski definition) is 3. The van der Waals surface area contributed by atoms with Crippen molar-refractivity contribution in [1.82, 2.24) is 9.38 Å². The van der Waals surface area contributed by atoms with Crippen LogP contribution in [0, 0.1) is 0 Å². The number of alkyl halides is 3. The van der Waals surface area contributed by atoms with E-state index in [4.69, 9.17) is 4.74 Å². The number of pyridine rings is 1. The van der Waals surface area contributed by atoms with Gasteiger partial charge in [-0.05, 0) is 32.9 Å². The minimum atomic E-state index is -4.55. The van der Waals surface area contributed by atoms with Gasteiger partial charge in [0.1, 0.15) is 5.60 Å². The van der Waals surface area contributed by atoms with Gasteiger partial charge in [0.2, 0.25) is 0 Å². The second-order valence-electron chi connectivity index (χ2n) is 5.79. The molecule has 0 aromatic carbocycles. The number of carbonyl (C=O) groups excluding carboxylic acids is 1. The lowest BCUT2D eigenvalue weighted by Crippen LogP contribution is -2.34. The van der Waals surface area contributed by atoms with Gasteiger partial charge in [-0.15, -0.1) is 0 Å². The first-order chi connectivity index (χ1) is 9.99. The van der Waals surface area contributed by atoms with Gasteiger partial charge in [0.25, 0.3) is 0 Å². The molecule has 0 spiro atoms. The van der Waals surface area contributed by atoms with Crippen molar-refractivity contribution < 1.29 is 22.7 Å². The lowest BCUT2D eigenvalue weighted by atomic mass is 10.2. The molecule has 0 saturated heterocycles. The maximum Gasteiger partial charge on any atom is 0.434 e. The number of fused-ring (bicyclic) bond motifs is 1. The molecule has 0 N–H and O–H groups in total. The van der Waals surface area contributed by atoms with Crippen LogP contribution in [-0.2, 0) is 10.9 Å². The number of anilines is 1. The molecule has 0 atom stereocenters. The summed E-state index contributed by atoms with van der Waals surface area (Å²) in [5, 5.41) is 0. The molecule has 5 nitrogen and oxygen atoms in total. The largest absolute Gasteiger partial charge is 0.443 e. The fraction of sp³-hybridized carbons (Fsp3) is 0.429. The average Bonchev–Trinajstić information content (AvgIpc) is 2.79. The molecule has 0 fully saturated rings. The molecule has 120 valence electrons. The van der Waals surface area contributed by atoms with E-state index < -0.39 is 23.6 Å². The smallest absolute Gasteiger partial charge is 0.434 e. The molecule has 0 radical (unpaired) electrons. The van der Waals surface area contributed by atoms with Gasteiger partial charge in [0.05, 0.1) is 5.69 Å². The third-order valence-corrected chi connectivity index (χ3v) is 2.78. The Labute approximate surface area is 125 Å². The maximum absolute atomic E-state index is 12.8. The molecule has 0 saturated carbocycles. The van der Waals surface area contributed by atoms with Crippen molar-refractivity contribution >= 4 is 17.4 Å². The number of nitrogens with zero attached hydrogens (tertiary/aromatic N) is 3. The summed E-state index contributed by atoms with van der Waals surface area (Å²) in [5.74, 6) is 0. The van der Waals surface area contributed by atoms with Gasteiger partial charge in [-0.2, -0.15) is 13.2 Å². The average molecular weight is 315 g/mol. The molecular weight excluding hydrogens is 299 g/mol. The van der Waals surface area contributed by atoms with Crippen molar-refractivity contribution in [2.75, 3.05) is 11.9 Å². The quantitative estimate of drug-likeness (QED) is 0.805. The first-order valence-corrected chi connectivity index (χ1v) is 6.50. The standard InChI is InChI=1S/C14H16F3N3O2/c1-13(2,3)22-12(21)19(4)9-6-5-7-20-8-10(14(15,16)17)18-11(9)20/h5-8H,1-4H3. The molecular formula is C14H16F3N3O2. The zero-order valence-corrected chi connectivity index (χ0v) is 12.6. The molecule has 2 heterocycles. The minimum absolute atomic E-state index is 0.0307. The molecule has 0 aliphatic carbocycles. The van der Waals surface area contributed by atoms with Crippen LogP contribution in [0.2, 0.25) is 0 Å². The van der Waals surface area contributed by atoms with Gasteiger partial charge in [0, 0.05) is 19.4 Å². The van der Waals surface area contributed by atoms with Gasteiger partial charge in [-0.3, -0.25) is 4.90 Å². The molecule has 1 amide bonds.